The highest BCUT2D eigenvalue weighted by Gasteiger charge is 2.26. The van der Waals surface area contributed by atoms with E-state index in [4.69, 9.17) is 14.2 Å². The fourth-order valence-corrected chi connectivity index (χ4v) is 5.74. The van der Waals surface area contributed by atoms with E-state index >= 15 is 0 Å². The fourth-order valence-electron chi connectivity index (χ4n) is 5.74. The molecule has 0 bridgehead atoms. The highest BCUT2D eigenvalue weighted by molar-refractivity contribution is 6.05. The Bertz CT molecular complexity index is 1790. The minimum Gasteiger partial charge on any atom is -0.493 e. The van der Waals surface area contributed by atoms with E-state index in [0.717, 1.165) is 44.6 Å². The SMILES string of the molecule is Cc1cc(OC[C@@H]2COc3c(C)cccc32)ccc1C(=O)n1c(C)c(CC(=O)OCc2ccccc2)c2ccccc21. The minimum absolute atomic E-state index is 0.0821. The average molecular weight is 560 g/mol. The molecule has 2 heterocycles. The van der Waals surface area contributed by atoms with Crippen molar-refractivity contribution in [2.24, 2.45) is 0 Å². The number of aryl methyl sites for hydroxylation is 2. The van der Waals surface area contributed by atoms with E-state index < -0.39 is 0 Å². The first kappa shape index (κ1) is 27.3. The second kappa shape index (κ2) is 11.6. The summed E-state index contributed by atoms with van der Waals surface area (Å²) in [5.74, 6) is 1.35. The van der Waals surface area contributed by atoms with E-state index in [1.807, 2.05) is 92.7 Å². The molecule has 0 radical (unpaired) electrons. The number of hydrogen-bond donors (Lipinski definition) is 0. The highest BCUT2D eigenvalue weighted by Crippen LogP contribution is 2.37. The van der Waals surface area contributed by atoms with Gasteiger partial charge in [-0.2, -0.15) is 0 Å². The third kappa shape index (κ3) is 5.28. The third-order valence-electron chi connectivity index (χ3n) is 8.00. The summed E-state index contributed by atoms with van der Waals surface area (Å²) in [4.78, 5) is 26.8. The molecule has 4 aromatic carbocycles. The summed E-state index contributed by atoms with van der Waals surface area (Å²) in [5, 5.41) is 0.868. The summed E-state index contributed by atoms with van der Waals surface area (Å²) >= 11 is 0. The second-order valence-electron chi connectivity index (χ2n) is 10.8. The lowest BCUT2D eigenvalue weighted by Crippen LogP contribution is -2.16. The van der Waals surface area contributed by atoms with E-state index in [9.17, 15) is 9.59 Å². The molecule has 1 aromatic heterocycles. The predicted molar refractivity (Wildman–Crippen MR) is 162 cm³/mol. The topological polar surface area (TPSA) is 66.8 Å². The molecular formula is C36H33NO5. The zero-order valence-electron chi connectivity index (χ0n) is 24.1. The average Bonchev–Trinajstić information content (AvgIpc) is 3.54. The van der Waals surface area contributed by atoms with E-state index in [1.165, 1.54) is 5.56 Å². The van der Waals surface area contributed by atoms with Crippen molar-refractivity contribution in [1.82, 2.24) is 4.57 Å². The molecule has 1 aliphatic heterocycles. The van der Waals surface area contributed by atoms with Crippen molar-refractivity contribution in [3.63, 3.8) is 0 Å². The summed E-state index contributed by atoms with van der Waals surface area (Å²) in [7, 11) is 0. The number of para-hydroxylation sites is 2. The number of esters is 1. The maximum absolute atomic E-state index is 13.9. The number of carbonyl (C=O) groups excluding carboxylic acids is 2. The number of aromatic nitrogens is 1. The van der Waals surface area contributed by atoms with Gasteiger partial charge in [0.2, 0.25) is 0 Å². The molecular weight excluding hydrogens is 526 g/mol. The molecule has 0 fully saturated rings. The molecule has 0 spiro atoms. The molecule has 0 amide bonds. The first-order valence-corrected chi connectivity index (χ1v) is 14.2. The van der Waals surface area contributed by atoms with Gasteiger partial charge in [-0.25, -0.2) is 0 Å². The zero-order chi connectivity index (χ0) is 29.2. The Kier molecular flexibility index (Phi) is 7.53. The molecule has 0 unspecified atom stereocenters. The van der Waals surface area contributed by atoms with Crippen LogP contribution in [0.2, 0.25) is 0 Å². The molecule has 0 saturated heterocycles. The Hall–Kier alpha value is -4.84. The predicted octanol–water partition coefficient (Wildman–Crippen LogP) is 7.10. The van der Waals surface area contributed by atoms with E-state index in [0.29, 0.717) is 24.5 Å². The Labute approximate surface area is 245 Å². The van der Waals surface area contributed by atoms with Crippen molar-refractivity contribution in [2.45, 2.75) is 39.7 Å². The normalized spacial score (nSPS) is 13.9. The molecule has 6 nitrogen and oxygen atoms in total. The zero-order valence-corrected chi connectivity index (χ0v) is 24.1. The molecule has 42 heavy (non-hydrogen) atoms. The summed E-state index contributed by atoms with van der Waals surface area (Å²) in [6.45, 7) is 7.15. The van der Waals surface area contributed by atoms with Crippen LogP contribution in [0.1, 0.15) is 49.8 Å². The summed E-state index contributed by atoms with van der Waals surface area (Å²) in [6, 6.07) is 29.0. The monoisotopic (exact) mass is 559 g/mol. The van der Waals surface area contributed by atoms with E-state index in [2.05, 4.69) is 19.1 Å². The van der Waals surface area contributed by atoms with Crippen molar-refractivity contribution < 1.29 is 23.8 Å². The summed E-state index contributed by atoms with van der Waals surface area (Å²) in [6.07, 6.45) is 0.0821. The van der Waals surface area contributed by atoms with Gasteiger partial charge in [-0.05, 0) is 67.3 Å². The Morgan fingerprint density at radius 1 is 0.881 bits per heavy atom. The Balaban J connectivity index is 1.20. The molecule has 1 atom stereocenters. The number of hydrogen-bond acceptors (Lipinski definition) is 5. The van der Waals surface area contributed by atoms with Gasteiger partial charge in [0.15, 0.2) is 0 Å². The van der Waals surface area contributed by atoms with Crippen molar-refractivity contribution in [1.29, 1.82) is 0 Å². The molecule has 5 aromatic rings. The summed E-state index contributed by atoms with van der Waals surface area (Å²) < 4.78 is 19.3. The molecule has 0 N–H and O–H groups in total. The maximum atomic E-state index is 13.9. The molecule has 1 aliphatic rings. The van der Waals surface area contributed by atoms with Gasteiger partial charge in [-0.3, -0.25) is 14.2 Å². The lowest BCUT2D eigenvalue weighted by molar-refractivity contribution is -0.144. The number of carbonyl (C=O) groups is 2. The molecule has 6 heteroatoms. The Morgan fingerprint density at radius 2 is 1.67 bits per heavy atom. The molecule has 6 rings (SSSR count). The lowest BCUT2D eigenvalue weighted by Gasteiger charge is -2.14. The van der Waals surface area contributed by atoms with Crippen LogP contribution in [-0.4, -0.2) is 29.7 Å². The number of ether oxygens (including phenoxy) is 3. The largest absolute Gasteiger partial charge is 0.493 e. The fraction of sp³-hybridized carbons (Fsp3) is 0.222. The van der Waals surface area contributed by atoms with Crippen LogP contribution in [0.15, 0.2) is 91.0 Å². The van der Waals surface area contributed by atoms with Crippen LogP contribution >= 0.6 is 0 Å². The number of benzene rings is 4. The van der Waals surface area contributed by atoms with Gasteiger partial charge >= 0.3 is 5.97 Å². The van der Waals surface area contributed by atoms with Gasteiger partial charge in [0.25, 0.3) is 5.91 Å². The lowest BCUT2D eigenvalue weighted by atomic mass is 10.0. The number of fused-ring (bicyclic) bond motifs is 2. The van der Waals surface area contributed by atoms with Crippen molar-refractivity contribution >= 4 is 22.8 Å². The van der Waals surface area contributed by atoms with Gasteiger partial charge in [-0.1, -0.05) is 66.7 Å². The second-order valence-corrected chi connectivity index (χ2v) is 10.8. The number of nitrogens with zero attached hydrogens (tertiary/aromatic N) is 1. The van der Waals surface area contributed by atoms with Crippen LogP contribution in [0, 0.1) is 20.8 Å². The maximum Gasteiger partial charge on any atom is 0.310 e. The van der Waals surface area contributed by atoms with Crippen LogP contribution in [0.5, 0.6) is 11.5 Å². The van der Waals surface area contributed by atoms with Gasteiger partial charge in [0.05, 0.1) is 31.1 Å². The molecule has 212 valence electrons. The van der Waals surface area contributed by atoms with Gasteiger partial charge in [-0.15, -0.1) is 0 Å². The van der Waals surface area contributed by atoms with Crippen LogP contribution in [0.3, 0.4) is 0 Å². The Morgan fingerprint density at radius 3 is 2.48 bits per heavy atom. The van der Waals surface area contributed by atoms with E-state index in [-0.39, 0.29) is 30.8 Å². The highest BCUT2D eigenvalue weighted by atomic mass is 16.5. The van der Waals surface area contributed by atoms with Gasteiger partial charge in [0.1, 0.15) is 18.1 Å². The van der Waals surface area contributed by atoms with Crippen LogP contribution in [-0.2, 0) is 22.6 Å². The quantitative estimate of drug-likeness (QED) is 0.190. The minimum atomic E-state index is -0.333. The third-order valence-corrected chi connectivity index (χ3v) is 8.00. The van der Waals surface area contributed by atoms with Gasteiger partial charge in [0, 0.05) is 22.2 Å². The van der Waals surface area contributed by atoms with Crippen molar-refractivity contribution in [2.75, 3.05) is 13.2 Å². The first-order valence-electron chi connectivity index (χ1n) is 14.2. The molecule has 0 aliphatic carbocycles. The van der Waals surface area contributed by atoms with Crippen LogP contribution < -0.4 is 9.47 Å². The first-order chi connectivity index (χ1) is 20.4. The smallest absolute Gasteiger partial charge is 0.310 e. The van der Waals surface area contributed by atoms with Gasteiger partial charge < -0.3 is 14.2 Å². The van der Waals surface area contributed by atoms with Crippen LogP contribution in [0.25, 0.3) is 10.9 Å². The van der Waals surface area contributed by atoms with Crippen LogP contribution in [0.4, 0.5) is 0 Å². The van der Waals surface area contributed by atoms with E-state index in [1.54, 1.807) is 4.57 Å². The summed E-state index contributed by atoms with van der Waals surface area (Å²) in [5.41, 5.74) is 6.92. The number of rotatable bonds is 8. The van der Waals surface area contributed by atoms with Crippen molar-refractivity contribution in [3.8, 4) is 11.5 Å². The van der Waals surface area contributed by atoms with Crippen molar-refractivity contribution in [3.05, 3.63) is 130 Å². The molecule has 0 saturated carbocycles. The standard InChI is InChI=1S/C36H33NO5/c1-23-10-9-14-30-27(22-42-35(23)30)21-40-28-16-17-29(24(2)18-28)36(39)37-25(3)32(31-13-7-8-15-33(31)37)19-34(38)41-20-26-11-5-4-6-12-26/h4-18,27H,19-22H2,1-3H3/t27-/m1/s1.